The fraction of sp³-hybridized carbons (Fsp3) is 0.0833. The maximum absolute atomic E-state index is 11.8. The predicted octanol–water partition coefficient (Wildman–Crippen LogP) is 0.500. The van der Waals surface area contributed by atoms with E-state index in [0.29, 0.717) is 5.69 Å². The molecule has 2 N–H and O–H groups in total. The van der Waals surface area contributed by atoms with Crippen molar-refractivity contribution in [2.45, 2.75) is 6.54 Å². The first-order valence-corrected chi connectivity index (χ1v) is 5.39. The van der Waals surface area contributed by atoms with Crippen LogP contribution in [0.2, 0.25) is 0 Å². The van der Waals surface area contributed by atoms with Gasteiger partial charge in [-0.1, -0.05) is 0 Å². The molecule has 0 bridgehead atoms. The zero-order chi connectivity index (χ0) is 13.7. The summed E-state index contributed by atoms with van der Waals surface area (Å²) in [7, 11) is 0. The highest BCUT2D eigenvalue weighted by Gasteiger charge is 2.10. The Morgan fingerprint density at radius 2 is 2.05 bits per heavy atom. The van der Waals surface area contributed by atoms with E-state index in [2.05, 4.69) is 20.3 Å². The number of aromatic nitrogens is 3. The smallest absolute Gasteiger partial charge is 0.354 e. The molecule has 0 atom stereocenters. The van der Waals surface area contributed by atoms with Gasteiger partial charge in [0.15, 0.2) is 0 Å². The number of hydrogen-bond donors (Lipinski definition) is 2. The zero-order valence-electron chi connectivity index (χ0n) is 9.78. The lowest BCUT2D eigenvalue weighted by Gasteiger charge is -2.04. The molecule has 0 aliphatic heterocycles. The largest absolute Gasteiger partial charge is 0.477 e. The van der Waals surface area contributed by atoms with Crippen molar-refractivity contribution in [2.24, 2.45) is 0 Å². The molecule has 2 aromatic heterocycles. The Hall–Kier alpha value is -2.83. The van der Waals surface area contributed by atoms with Gasteiger partial charge in [-0.25, -0.2) is 19.7 Å². The first-order valence-electron chi connectivity index (χ1n) is 5.39. The number of nitrogens with zero attached hydrogens (tertiary/aromatic N) is 3. The molecule has 1 amide bonds. The van der Waals surface area contributed by atoms with Crippen molar-refractivity contribution < 1.29 is 14.7 Å². The number of pyridine rings is 1. The summed E-state index contributed by atoms with van der Waals surface area (Å²) in [6.45, 7) is 0.242. The summed E-state index contributed by atoms with van der Waals surface area (Å²) < 4.78 is 0. The Bertz CT molecular complexity index is 601. The van der Waals surface area contributed by atoms with E-state index in [4.69, 9.17) is 5.11 Å². The van der Waals surface area contributed by atoms with E-state index in [1.165, 1.54) is 24.7 Å². The van der Waals surface area contributed by atoms with E-state index >= 15 is 0 Å². The highest BCUT2D eigenvalue weighted by molar-refractivity contribution is 5.96. The summed E-state index contributed by atoms with van der Waals surface area (Å²) in [5.41, 5.74) is 0.729. The molecule has 0 radical (unpaired) electrons. The first kappa shape index (κ1) is 12.6. The van der Waals surface area contributed by atoms with Gasteiger partial charge in [0.25, 0.3) is 5.91 Å². The van der Waals surface area contributed by atoms with Crippen LogP contribution in [0.4, 0.5) is 0 Å². The van der Waals surface area contributed by atoms with Gasteiger partial charge in [0.05, 0.1) is 12.2 Å². The number of carboxylic acids is 1. The summed E-state index contributed by atoms with van der Waals surface area (Å²) in [6, 6.07) is 4.34. The molecule has 7 nitrogen and oxygen atoms in total. The average molecular weight is 258 g/mol. The molecule has 96 valence electrons. The maximum atomic E-state index is 11.8. The Kier molecular flexibility index (Phi) is 3.77. The van der Waals surface area contributed by atoms with Crippen molar-refractivity contribution in [1.29, 1.82) is 0 Å². The normalized spacial score (nSPS) is 9.89. The van der Waals surface area contributed by atoms with Crippen LogP contribution in [0.15, 0.2) is 36.9 Å². The number of carbonyl (C=O) groups is 2. The van der Waals surface area contributed by atoms with Crippen molar-refractivity contribution in [1.82, 2.24) is 20.3 Å². The number of aromatic carboxylic acids is 1. The summed E-state index contributed by atoms with van der Waals surface area (Å²) in [5.74, 6) is -1.56. The van der Waals surface area contributed by atoms with Crippen LogP contribution in [0.1, 0.15) is 26.5 Å². The molecule has 0 spiro atoms. The molecule has 19 heavy (non-hydrogen) atoms. The van der Waals surface area contributed by atoms with E-state index in [1.54, 1.807) is 12.3 Å². The Morgan fingerprint density at radius 1 is 1.21 bits per heavy atom. The van der Waals surface area contributed by atoms with E-state index in [1.807, 2.05) is 0 Å². The van der Waals surface area contributed by atoms with Gasteiger partial charge in [0.2, 0.25) is 0 Å². The third-order valence-corrected chi connectivity index (χ3v) is 2.31. The first-order chi connectivity index (χ1) is 9.16. The van der Waals surface area contributed by atoms with Gasteiger partial charge in [0, 0.05) is 18.0 Å². The van der Waals surface area contributed by atoms with Crippen LogP contribution >= 0.6 is 0 Å². The highest BCUT2D eigenvalue weighted by Crippen LogP contribution is 2.02. The lowest BCUT2D eigenvalue weighted by atomic mass is 10.2. The molecule has 2 aromatic rings. The zero-order valence-corrected chi connectivity index (χ0v) is 9.78. The number of nitrogens with one attached hydrogen (secondary N) is 1. The van der Waals surface area contributed by atoms with E-state index in [-0.39, 0.29) is 23.7 Å². The van der Waals surface area contributed by atoms with Gasteiger partial charge in [0.1, 0.15) is 12.0 Å². The topological polar surface area (TPSA) is 105 Å². The van der Waals surface area contributed by atoms with Crippen molar-refractivity contribution >= 4 is 11.9 Å². The Morgan fingerprint density at radius 3 is 2.74 bits per heavy atom. The molecule has 0 aliphatic rings. The van der Waals surface area contributed by atoms with Gasteiger partial charge >= 0.3 is 5.97 Å². The average Bonchev–Trinajstić information content (AvgIpc) is 2.46. The molecule has 0 aliphatic carbocycles. The van der Waals surface area contributed by atoms with Crippen molar-refractivity contribution in [3.63, 3.8) is 0 Å². The monoisotopic (exact) mass is 258 g/mol. The number of carbonyl (C=O) groups excluding carboxylic acids is 1. The van der Waals surface area contributed by atoms with E-state index in [0.717, 1.165) is 0 Å². The number of rotatable bonds is 4. The third-order valence-electron chi connectivity index (χ3n) is 2.31. The van der Waals surface area contributed by atoms with Gasteiger partial charge in [-0.15, -0.1) is 0 Å². The highest BCUT2D eigenvalue weighted by atomic mass is 16.4. The molecule has 0 saturated heterocycles. The predicted molar refractivity (Wildman–Crippen MR) is 64.4 cm³/mol. The minimum absolute atomic E-state index is 0.172. The molecular formula is C12H10N4O3. The van der Waals surface area contributed by atoms with Gasteiger partial charge in [-0.2, -0.15) is 0 Å². The minimum Gasteiger partial charge on any atom is -0.477 e. The van der Waals surface area contributed by atoms with Crippen LogP contribution in [0.25, 0.3) is 0 Å². The molecule has 7 heteroatoms. The minimum atomic E-state index is -1.18. The van der Waals surface area contributed by atoms with Gasteiger partial charge in [-0.3, -0.25) is 4.79 Å². The molecular weight excluding hydrogens is 248 g/mol. The molecule has 2 rings (SSSR count). The summed E-state index contributed by atoms with van der Waals surface area (Å²) in [6.07, 6.45) is 4.24. The van der Waals surface area contributed by atoms with Crippen LogP contribution in [0.3, 0.4) is 0 Å². The van der Waals surface area contributed by atoms with Gasteiger partial charge in [-0.05, 0) is 18.2 Å². The van der Waals surface area contributed by atoms with Crippen molar-refractivity contribution in [3.05, 3.63) is 53.9 Å². The quantitative estimate of drug-likeness (QED) is 0.827. The van der Waals surface area contributed by atoms with E-state index in [9.17, 15) is 9.59 Å². The van der Waals surface area contributed by atoms with Crippen LogP contribution in [-0.2, 0) is 6.54 Å². The summed E-state index contributed by atoms with van der Waals surface area (Å²) >= 11 is 0. The van der Waals surface area contributed by atoms with Crippen LogP contribution in [0.5, 0.6) is 0 Å². The standard InChI is InChI=1S/C12H10N4O3/c17-11(15-6-9-2-3-13-7-16-9)8-1-4-14-10(5-8)12(18)19/h1-5,7H,6H2,(H,15,17)(H,18,19). The van der Waals surface area contributed by atoms with Gasteiger partial charge < -0.3 is 10.4 Å². The second kappa shape index (κ2) is 5.67. The molecule has 2 heterocycles. The molecule has 0 saturated carbocycles. The fourth-order valence-electron chi connectivity index (χ4n) is 1.38. The van der Waals surface area contributed by atoms with Crippen molar-refractivity contribution in [3.8, 4) is 0 Å². The second-order valence-electron chi connectivity index (χ2n) is 3.62. The van der Waals surface area contributed by atoms with Crippen LogP contribution in [-0.4, -0.2) is 31.9 Å². The molecule has 0 unspecified atom stereocenters. The molecule has 0 fully saturated rings. The molecule has 0 aromatic carbocycles. The lowest BCUT2D eigenvalue weighted by molar-refractivity contribution is 0.0690. The Labute approximate surface area is 108 Å². The SMILES string of the molecule is O=C(NCc1ccncn1)c1ccnc(C(=O)O)c1. The van der Waals surface area contributed by atoms with Crippen LogP contribution < -0.4 is 5.32 Å². The number of amides is 1. The maximum Gasteiger partial charge on any atom is 0.354 e. The number of carboxylic acid groups (broad SMARTS) is 1. The van der Waals surface area contributed by atoms with E-state index < -0.39 is 5.97 Å². The Balaban J connectivity index is 2.04. The second-order valence-corrected chi connectivity index (χ2v) is 3.62. The van der Waals surface area contributed by atoms with Crippen LogP contribution in [0, 0.1) is 0 Å². The summed E-state index contributed by atoms with van der Waals surface area (Å²) in [4.78, 5) is 33.9. The lowest BCUT2D eigenvalue weighted by Crippen LogP contribution is -2.23. The number of hydrogen-bond acceptors (Lipinski definition) is 5. The summed E-state index contributed by atoms with van der Waals surface area (Å²) in [5, 5.41) is 11.4. The fourth-order valence-corrected chi connectivity index (χ4v) is 1.38. The third kappa shape index (κ3) is 3.32. The van der Waals surface area contributed by atoms with Crippen molar-refractivity contribution in [2.75, 3.05) is 0 Å².